The molecule has 0 N–H and O–H groups in total. The largest absolute Gasteiger partial charge is 0.573 e. The molecule has 0 radical (unpaired) electrons. The monoisotopic (exact) mass is 391 g/mol. The zero-order valence-corrected chi connectivity index (χ0v) is 12.8. The maximum Gasteiger partial charge on any atom is 0.573 e. The first-order valence-electron chi connectivity index (χ1n) is 5.95. The number of hydrogen-bond acceptors (Lipinski definition) is 4. The molecule has 0 aliphatic carbocycles. The van der Waals surface area contributed by atoms with Crippen molar-refractivity contribution >= 4 is 21.9 Å². The lowest BCUT2D eigenvalue weighted by Crippen LogP contribution is -2.20. The van der Waals surface area contributed by atoms with E-state index in [-0.39, 0.29) is 23.2 Å². The predicted octanol–water partition coefficient (Wildman–Crippen LogP) is 3.92. The van der Waals surface area contributed by atoms with E-state index in [1.54, 1.807) is 0 Å². The molecule has 22 heavy (non-hydrogen) atoms. The number of rotatable bonds is 6. The van der Waals surface area contributed by atoms with Crippen LogP contribution in [0.3, 0.4) is 0 Å². The molecule has 10 heteroatoms. The van der Waals surface area contributed by atoms with E-state index in [1.165, 1.54) is 6.92 Å². The Morgan fingerprint density at radius 2 is 2.05 bits per heavy atom. The van der Waals surface area contributed by atoms with Crippen LogP contribution in [0.15, 0.2) is 6.20 Å². The van der Waals surface area contributed by atoms with E-state index in [4.69, 9.17) is 0 Å². The van der Waals surface area contributed by atoms with Gasteiger partial charge < -0.3 is 9.47 Å². The Morgan fingerprint density at radius 3 is 2.50 bits per heavy atom. The number of ether oxygens (including phenoxy) is 2. The average molecular weight is 392 g/mol. The summed E-state index contributed by atoms with van der Waals surface area (Å²) in [7, 11) is 0. The second-order valence-corrected chi connectivity index (χ2v) is 4.49. The molecule has 0 saturated heterocycles. The maximum absolute atomic E-state index is 13.2. The van der Waals surface area contributed by atoms with Crippen LogP contribution in [0, 0.1) is 0 Å². The van der Waals surface area contributed by atoms with Crippen molar-refractivity contribution in [2.75, 3.05) is 6.61 Å². The lowest BCUT2D eigenvalue weighted by molar-refractivity contribution is -0.275. The Bertz CT molecular complexity index is 536. The van der Waals surface area contributed by atoms with Gasteiger partial charge in [0, 0.05) is 5.33 Å². The van der Waals surface area contributed by atoms with E-state index in [1.807, 2.05) is 0 Å². The number of aromatic nitrogens is 1. The van der Waals surface area contributed by atoms with Crippen molar-refractivity contribution in [1.82, 2.24) is 4.98 Å². The smallest absolute Gasteiger partial charge is 0.466 e. The van der Waals surface area contributed by atoms with Crippen LogP contribution in [-0.2, 0) is 21.3 Å². The van der Waals surface area contributed by atoms with Crippen LogP contribution in [0.2, 0.25) is 0 Å². The summed E-state index contributed by atoms with van der Waals surface area (Å²) in [6.45, 7) is 1.53. The molecule has 0 fully saturated rings. The van der Waals surface area contributed by atoms with Gasteiger partial charge in [-0.1, -0.05) is 15.9 Å². The first-order valence-corrected chi connectivity index (χ1v) is 7.07. The third kappa shape index (κ3) is 5.08. The number of hydrogen-bond donors (Lipinski definition) is 0. The number of nitrogens with zero attached hydrogens (tertiary/aromatic N) is 1. The molecule has 0 spiro atoms. The molecule has 1 aromatic rings. The third-order valence-corrected chi connectivity index (χ3v) is 3.00. The van der Waals surface area contributed by atoms with Crippen molar-refractivity contribution in [3.63, 3.8) is 0 Å². The Morgan fingerprint density at radius 1 is 1.41 bits per heavy atom. The van der Waals surface area contributed by atoms with Gasteiger partial charge in [0.25, 0.3) is 6.43 Å². The molecular weight excluding hydrogens is 381 g/mol. The zero-order valence-electron chi connectivity index (χ0n) is 11.2. The summed E-state index contributed by atoms with van der Waals surface area (Å²) in [5.41, 5.74) is -1.35. The summed E-state index contributed by atoms with van der Waals surface area (Å²) in [4.78, 5) is 15.1. The summed E-state index contributed by atoms with van der Waals surface area (Å²) in [6, 6.07) is 0. The van der Waals surface area contributed by atoms with Gasteiger partial charge in [-0.2, -0.15) is 0 Å². The highest BCUT2D eigenvalue weighted by molar-refractivity contribution is 9.08. The summed E-state index contributed by atoms with van der Waals surface area (Å²) in [5, 5.41) is -0.0201. The molecule has 0 amide bonds. The normalized spacial score (nSPS) is 11.6. The molecule has 1 heterocycles. The average Bonchev–Trinajstić information content (AvgIpc) is 2.37. The van der Waals surface area contributed by atoms with Gasteiger partial charge >= 0.3 is 12.3 Å². The molecule has 4 nitrogen and oxygen atoms in total. The van der Waals surface area contributed by atoms with E-state index in [0.29, 0.717) is 6.20 Å². The van der Waals surface area contributed by atoms with Crippen molar-refractivity contribution < 1.29 is 36.2 Å². The molecule has 0 bridgehead atoms. The van der Waals surface area contributed by atoms with Gasteiger partial charge in [0.1, 0.15) is 0 Å². The van der Waals surface area contributed by atoms with Crippen LogP contribution in [0.5, 0.6) is 5.75 Å². The number of alkyl halides is 6. The van der Waals surface area contributed by atoms with Crippen LogP contribution >= 0.6 is 15.9 Å². The lowest BCUT2D eigenvalue weighted by atomic mass is 10.0. The van der Waals surface area contributed by atoms with E-state index >= 15 is 0 Å². The lowest BCUT2D eigenvalue weighted by Gasteiger charge is -2.17. The van der Waals surface area contributed by atoms with E-state index in [0.717, 1.165) is 0 Å². The van der Waals surface area contributed by atoms with Crippen molar-refractivity contribution in [1.29, 1.82) is 0 Å². The highest BCUT2D eigenvalue weighted by Gasteiger charge is 2.35. The van der Waals surface area contributed by atoms with Crippen LogP contribution in [0.1, 0.15) is 30.2 Å². The van der Waals surface area contributed by atoms with Gasteiger partial charge in [0.2, 0.25) is 0 Å². The number of pyridine rings is 1. The van der Waals surface area contributed by atoms with Gasteiger partial charge in [-0.05, 0) is 12.5 Å². The summed E-state index contributed by atoms with van der Waals surface area (Å²) in [5.74, 6) is -1.98. The van der Waals surface area contributed by atoms with Crippen LogP contribution in [-0.4, -0.2) is 23.9 Å². The highest BCUT2D eigenvalue weighted by atomic mass is 79.9. The zero-order chi connectivity index (χ0) is 16.9. The second-order valence-electron chi connectivity index (χ2n) is 3.93. The number of carbonyl (C=O) groups is 1. The standard InChI is InChI=1S/C12H11BrF5NO3/c1-2-21-9(20)3-6-7(4-13)19-5-8(10(6)11(14)15)22-12(16,17)18/h5,11H,2-4H2,1H3. The van der Waals surface area contributed by atoms with Crippen molar-refractivity contribution in [2.45, 2.75) is 31.5 Å². The van der Waals surface area contributed by atoms with Crippen molar-refractivity contribution in [2.24, 2.45) is 0 Å². The maximum atomic E-state index is 13.2. The molecule has 1 aromatic heterocycles. The van der Waals surface area contributed by atoms with Gasteiger partial charge in [-0.25, -0.2) is 8.78 Å². The van der Waals surface area contributed by atoms with E-state index in [9.17, 15) is 26.7 Å². The minimum Gasteiger partial charge on any atom is -0.466 e. The molecule has 0 unspecified atom stereocenters. The van der Waals surface area contributed by atoms with Crippen LogP contribution in [0.4, 0.5) is 22.0 Å². The molecular formula is C12H11BrF5NO3. The molecule has 0 saturated carbocycles. The molecule has 0 atom stereocenters. The fourth-order valence-electron chi connectivity index (χ4n) is 1.70. The van der Waals surface area contributed by atoms with Gasteiger partial charge in [-0.3, -0.25) is 9.78 Å². The van der Waals surface area contributed by atoms with Crippen molar-refractivity contribution in [3.8, 4) is 5.75 Å². The fourth-order valence-corrected chi connectivity index (χ4v) is 2.19. The fraction of sp³-hybridized carbons (Fsp3) is 0.500. The van der Waals surface area contributed by atoms with E-state index < -0.39 is 36.5 Å². The van der Waals surface area contributed by atoms with Crippen molar-refractivity contribution in [3.05, 3.63) is 23.0 Å². The molecule has 0 aromatic carbocycles. The minimum atomic E-state index is -5.15. The predicted molar refractivity (Wildman–Crippen MR) is 68.8 cm³/mol. The Balaban J connectivity index is 3.35. The van der Waals surface area contributed by atoms with Crippen LogP contribution in [0.25, 0.3) is 0 Å². The Kier molecular flexibility index (Phi) is 6.51. The number of halogens is 6. The van der Waals surface area contributed by atoms with Gasteiger partial charge in [-0.15, -0.1) is 13.2 Å². The Hall–Kier alpha value is -1.45. The SMILES string of the molecule is CCOC(=O)Cc1c(CBr)ncc(OC(F)(F)F)c1C(F)F. The third-order valence-electron chi connectivity index (χ3n) is 2.47. The molecule has 0 aliphatic rings. The van der Waals surface area contributed by atoms with Gasteiger partial charge in [0.05, 0.1) is 30.5 Å². The number of esters is 1. The summed E-state index contributed by atoms with van der Waals surface area (Å²) in [6.07, 6.45) is -8.50. The summed E-state index contributed by atoms with van der Waals surface area (Å²) >= 11 is 2.98. The molecule has 124 valence electrons. The quantitative estimate of drug-likeness (QED) is 0.419. The first kappa shape index (κ1) is 18.6. The van der Waals surface area contributed by atoms with E-state index in [2.05, 4.69) is 30.4 Å². The number of carbonyl (C=O) groups excluding carboxylic acids is 1. The first-order chi connectivity index (χ1) is 10.2. The topological polar surface area (TPSA) is 48.4 Å². The van der Waals surface area contributed by atoms with Crippen LogP contribution < -0.4 is 4.74 Å². The highest BCUT2D eigenvalue weighted by Crippen LogP contribution is 2.37. The molecule has 0 aliphatic heterocycles. The van der Waals surface area contributed by atoms with Gasteiger partial charge in [0.15, 0.2) is 5.75 Å². The second kappa shape index (κ2) is 7.70. The minimum absolute atomic E-state index is 0.0119. The molecule has 1 rings (SSSR count). The summed E-state index contributed by atoms with van der Waals surface area (Å²) < 4.78 is 71.4. The Labute approximate surface area is 130 Å².